The number of pyridine rings is 1. The van der Waals surface area contributed by atoms with Gasteiger partial charge in [0.15, 0.2) is 0 Å². The smallest absolute Gasteiger partial charge is 0.0652 e. The minimum Gasteiger partial charge on any atom is -0.359 e. The van der Waals surface area contributed by atoms with Crippen molar-refractivity contribution in [3.8, 4) is 0 Å². The Hall–Kier alpha value is -0.830. The van der Waals surface area contributed by atoms with Crippen LogP contribution in [0.15, 0.2) is 22.9 Å². The standard InChI is InChI=1S/C8H7BrN2/c1-5-2-6-7(9)3-11-8(6)4-10-5/h2-4,11H,1H3. The van der Waals surface area contributed by atoms with Crippen LogP contribution in [0.1, 0.15) is 5.69 Å². The zero-order valence-electron chi connectivity index (χ0n) is 6.06. The fourth-order valence-electron chi connectivity index (χ4n) is 1.09. The van der Waals surface area contributed by atoms with Crippen molar-refractivity contribution >= 4 is 26.8 Å². The highest BCUT2D eigenvalue weighted by Crippen LogP contribution is 2.22. The predicted molar refractivity (Wildman–Crippen MR) is 48.5 cm³/mol. The van der Waals surface area contributed by atoms with E-state index in [1.54, 1.807) is 0 Å². The molecule has 0 aliphatic rings. The molecule has 3 heteroatoms. The van der Waals surface area contributed by atoms with Gasteiger partial charge < -0.3 is 4.98 Å². The van der Waals surface area contributed by atoms with Gasteiger partial charge in [-0.2, -0.15) is 0 Å². The lowest BCUT2D eigenvalue weighted by Gasteiger charge is -1.91. The van der Waals surface area contributed by atoms with Crippen LogP contribution < -0.4 is 0 Å². The predicted octanol–water partition coefficient (Wildman–Crippen LogP) is 2.63. The topological polar surface area (TPSA) is 28.7 Å². The van der Waals surface area contributed by atoms with E-state index in [0.29, 0.717) is 0 Å². The molecule has 0 radical (unpaired) electrons. The summed E-state index contributed by atoms with van der Waals surface area (Å²) in [6.45, 7) is 1.98. The Morgan fingerprint density at radius 2 is 2.36 bits per heavy atom. The highest BCUT2D eigenvalue weighted by molar-refractivity contribution is 9.10. The highest BCUT2D eigenvalue weighted by atomic mass is 79.9. The molecule has 0 saturated heterocycles. The molecule has 1 N–H and O–H groups in total. The fraction of sp³-hybridized carbons (Fsp3) is 0.125. The molecule has 2 heterocycles. The third-order valence-electron chi connectivity index (χ3n) is 1.65. The van der Waals surface area contributed by atoms with E-state index >= 15 is 0 Å². The second-order valence-corrected chi connectivity index (χ2v) is 3.36. The number of aryl methyl sites for hydroxylation is 1. The number of H-pyrrole nitrogens is 1. The number of hydrogen-bond donors (Lipinski definition) is 1. The summed E-state index contributed by atoms with van der Waals surface area (Å²) in [5.41, 5.74) is 2.11. The van der Waals surface area contributed by atoms with Gasteiger partial charge >= 0.3 is 0 Å². The average Bonchev–Trinajstić information content (AvgIpc) is 2.33. The van der Waals surface area contributed by atoms with Gasteiger partial charge in [-0.15, -0.1) is 0 Å². The van der Waals surface area contributed by atoms with Crippen molar-refractivity contribution in [1.29, 1.82) is 0 Å². The van der Waals surface area contributed by atoms with Crippen molar-refractivity contribution in [1.82, 2.24) is 9.97 Å². The summed E-state index contributed by atoms with van der Waals surface area (Å²) < 4.78 is 1.10. The van der Waals surface area contributed by atoms with Crippen molar-refractivity contribution < 1.29 is 0 Å². The summed E-state index contributed by atoms with van der Waals surface area (Å²) in [5, 5.41) is 1.19. The molecule has 0 aliphatic carbocycles. The van der Waals surface area contributed by atoms with Crippen molar-refractivity contribution in [2.24, 2.45) is 0 Å². The van der Waals surface area contributed by atoms with Crippen LogP contribution >= 0.6 is 15.9 Å². The molecule has 2 nitrogen and oxygen atoms in total. The van der Waals surface area contributed by atoms with Gasteiger partial charge in [-0.3, -0.25) is 4.98 Å². The molecule has 11 heavy (non-hydrogen) atoms. The molecule has 0 atom stereocenters. The molecule has 0 unspecified atom stereocenters. The first-order chi connectivity index (χ1) is 5.27. The summed E-state index contributed by atoms with van der Waals surface area (Å²) in [5.74, 6) is 0. The van der Waals surface area contributed by atoms with Gasteiger partial charge in [0, 0.05) is 21.7 Å². The Balaban J connectivity index is 2.87. The molecule has 56 valence electrons. The van der Waals surface area contributed by atoms with Crippen LogP contribution in [0.5, 0.6) is 0 Å². The van der Waals surface area contributed by atoms with Crippen LogP contribution in [0.4, 0.5) is 0 Å². The van der Waals surface area contributed by atoms with Crippen LogP contribution in [0.2, 0.25) is 0 Å². The lowest BCUT2D eigenvalue weighted by molar-refractivity contribution is 1.22. The van der Waals surface area contributed by atoms with Gasteiger partial charge in [0.05, 0.1) is 11.7 Å². The van der Waals surface area contributed by atoms with Gasteiger partial charge in [0.1, 0.15) is 0 Å². The van der Waals surface area contributed by atoms with Crippen LogP contribution in [0.3, 0.4) is 0 Å². The van der Waals surface area contributed by atoms with Crippen molar-refractivity contribution in [3.05, 3.63) is 28.6 Å². The molecule has 2 aromatic heterocycles. The minimum absolute atomic E-state index is 1.04. The number of nitrogens with zero attached hydrogens (tertiary/aromatic N) is 1. The molecule has 0 saturated carbocycles. The zero-order chi connectivity index (χ0) is 7.84. The quantitative estimate of drug-likeness (QED) is 0.712. The maximum absolute atomic E-state index is 4.17. The van der Waals surface area contributed by atoms with Crippen LogP contribution in [0.25, 0.3) is 10.9 Å². The molecular weight excluding hydrogens is 204 g/mol. The minimum atomic E-state index is 1.04. The summed E-state index contributed by atoms with van der Waals surface area (Å²) in [6, 6.07) is 2.05. The first-order valence-corrected chi connectivity index (χ1v) is 4.16. The van der Waals surface area contributed by atoms with Crippen LogP contribution in [-0.4, -0.2) is 9.97 Å². The number of nitrogens with one attached hydrogen (secondary N) is 1. The zero-order valence-corrected chi connectivity index (χ0v) is 7.64. The first-order valence-electron chi connectivity index (χ1n) is 3.36. The van der Waals surface area contributed by atoms with E-state index in [0.717, 1.165) is 15.7 Å². The highest BCUT2D eigenvalue weighted by Gasteiger charge is 1.99. The summed E-state index contributed by atoms with van der Waals surface area (Å²) in [4.78, 5) is 7.27. The Morgan fingerprint density at radius 1 is 1.55 bits per heavy atom. The maximum Gasteiger partial charge on any atom is 0.0652 e. The Morgan fingerprint density at radius 3 is 3.18 bits per heavy atom. The lowest BCUT2D eigenvalue weighted by atomic mass is 10.3. The number of rotatable bonds is 0. The van der Waals surface area contributed by atoms with E-state index < -0.39 is 0 Å². The van der Waals surface area contributed by atoms with Gasteiger partial charge in [-0.1, -0.05) is 0 Å². The SMILES string of the molecule is Cc1cc2c(Br)c[nH]c2cn1. The summed E-state index contributed by atoms with van der Waals surface area (Å²) >= 11 is 3.44. The largest absolute Gasteiger partial charge is 0.359 e. The summed E-state index contributed by atoms with van der Waals surface area (Å²) in [6.07, 6.45) is 3.77. The molecule has 0 fully saturated rings. The Labute approximate surface area is 72.8 Å². The second-order valence-electron chi connectivity index (χ2n) is 2.51. The van der Waals surface area contributed by atoms with E-state index in [1.165, 1.54) is 5.39 Å². The number of aromatic amines is 1. The van der Waals surface area contributed by atoms with E-state index in [-0.39, 0.29) is 0 Å². The number of aromatic nitrogens is 2. The van der Waals surface area contributed by atoms with Gasteiger partial charge in [0.25, 0.3) is 0 Å². The van der Waals surface area contributed by atoms with E-state index in [1.807, 2.05) is 19.3 Å². The van der Waals surface area contributed by atoms with Crippen molar-refractivity contribution in [3.63, 3.8) is 0 Å². The average molecular weight is 211 g/mol. The van der Waals surface area contributed by atoms with Crippen molar-refractivity contribution in [2.45, 2.75) is 6.92 Å². The van der Waals surface area contributed by atoms with Crippen LogP contribution in [0, 0.1) is 6.92 Å². The normalized spacial score (nSPS) is 10.7. The molecule has 2 aromatic rings. The van der Waals surface area contributed by atoms with E-state index in [4.69, 9.17) is 0 Å². The second kappa shape index (κ2) is 2.34. The monoisotopic (exact) mass is 210 g/mol. The first kappa shape index (κ1) is 6.85. The third-order valence-corrected chi connectivity index (χ3v) is 2.31. The molecule has 0 bridgehead atoms. The molecule has 0 aromatic carbocycles. The third kappa shape index (κ3) is 1.05. The number of halogens is 1. The van der Waals surface area contributed by atoms with Crippen LogP contribution in [-0.2, 0) is 0 Å². The van der Waals surface area contributed by atoms with Gasteiger partial charge in [-0.05, 0) is 28.9 Å². The van der Waals surface area contributed by atoms with Crippen molar-refractivity contribution in [2.75, 3.05) is 0 Å². The Bertz CT molecular complexity index is 392. The fourth-order valence-corrected chi connectivity index (χ4v) is 1.53. The molecule has 0 amide bonds. The van der Waals surface area contributed by atoms with Gasteiger partial charge in [-0.25, -0.2) is 0 Å². The maximum atomic E-state index is 4.17. The van der Waals surface area contributed by atoms with E-state index in [2.05, 4.69) is 32.0 Å². The molecular formula is C8H7BrN2. The van der Waals surface area contributed by atoms with Gasteiger partial charge in [0.2, 0.25) is 0 Å². The number of hydrogen-bond acceptors (Lipinski definition) is 1. The molecule has 0 spiro atoms. The lowest BCUT2D eigenvalue weighted by Crippen LogP contribution is -1.78. The number of fused-ring (bicyclic) bond motifs is 1. The van der Waals surface area contributed by atoms with E-state index in [9.17, 15) is 0 Å². The molecule has 2 rings (SSSR count). The molecule has 0 aliphatic heterocycles. The Kier molecular flexibility index (Phi) is 1.46. The summed E-state index contributed by atoms with van der Waals surface area (Å²) in [7, 11) is 0.